The lowest BCUT2D eigenvalue weighted by atomic mass is 9.97. The molecule has 10 heteroatoms. The summed E-state index contributed by atoms with van der Waals surface area (Å²) in [5.41, 5.74) is 8.68. The number of nitrogens with two attached hydrogens (primary N) is 2. The Labute approximate surface area is 118 Å². The molecule has 0 bridgehead atoms. The van der Waals surface area contributed by atoms with Crippen molar-refractivity contribution in [2.75, 3.05) is 6.16 Å². The number of allylic oxidation sites excluding steroid dienone is 1. The number of hydrogen-bond acceptors (Lipinski definition) is 4. The summed E-state index contributed by atoms with van der Waals surface area (Å²) in [6.45, 7) is 3.53. The van der Waals surface area contributed by atoms with Gasteiger partial charge in [-0.05, 0) is 32.1 Å². The third-order valence-corrected chi connectivity index (χ3v) is 5.42. The molecule has 0 radical (unpaired) electrons. The van der Waals surface area contributed by atoms with E-state index >= 15 is 0 Å². The SMILES string of the molecule is C=CCCCC(N)(N)C(CCCP(=O)(O)O)P(=O)(O)O. The molecule has 0 rings (SSSR count). The van der Waals surface area contributed by atoms with E-state index < -0.39 is 32.7 Å². The standard InChI is InChI=1S/C10H24N2O6P2/c1-2-3-4-7-10(11,12)9(20(16,17)18)6-5-8-19(13,14)15/h2,9H,1,3-8,11-12H2,(H2,13,14,15)(H2,16,17,18). The highest BCUT2D eigenvalue weighted by Gasteiger charge is 2.42. The van der Waals surface area contributed by atoms with Gasteiger partial charge in [0.2, 0.25) is 0 Å². The summed E-state index contributed by atoms with van der Waals surface area (Å²) in [5, 5.41) is 0. The lowest BCUT2D eigenvalue weighted by Crippen LogP contribution is -2.58. The third-order valence-electron chi connectivity index (χ3n) is 2.97. The van der Waals surface area contributed by atoms with Gasteiger partial charge >= 0.3 is 15.2 Å². The summed E-state index contributed by atoms with van der Waals surface area (Å²) in [4.78, 5) is 36.2. The molecular weight excluding hydrogens is 306 g/mol. The molecule has 0 amide bonds. The van der Waals surface area contributed by atoms with E-state index in [9.17, 15) is 18.9 Å². The molecule has 1 unspecified atom stereocenters. The van der Waals surface area contributed by atoms with E-state index in [1.807, 2.05) is 0 Å². The highest BCUT2D eigenvalue weighted by Crippen LogP contribution is 2.48. The summed E-state index contributed by atoms with van der Waals surface area (Å²) in [7, 11) is -8.76. The molecule has 0 aromatic carbocycles. The van der Waals surface area contributed by atoms with Crippen LogP contribution < -0.4 is 11.5 Å². The molecule has 8 nitrogen and oxygen atoms in total. The zero-order valence-corrected chi connectivity index (χ0v) is 13.0. The zero-order valence-electron chi connectivity index (χ0n) is 11.3. The summed E-state index contributed by atoms with van der Waals surface area (Å²) in [5.74, 6) is 0. The molecule has 0 heterocycles. The van der Waals surface area contributed by atoms with Gasteiger partial charge in [0.15, 0.2) is 0 Å². The summed E-state index contributed by atoms with van der Waals surface area (Å²) < 4.78 is 22.2. The minimum Gasteiger partial charge on any atom is -0.324 e. The van der Waals surface area contributed by atoms with E-state index in [0.29, 0.717) is 12.8 Å². The first-order valence-corrected chi connectivity index (χ1v) is 9.66. The van der Waals surface area contributed by atoms with Crippen LogP contribution in [0.4, 0.5) is 0 Å². The first-order valence-electron chi connectivity index (χ1n) is 6.18. The van der Waals surface area contributed by atoms with Gasteiger partial charge < -0.3 is 31.0 Å². The summed E-state index contributed by atoms with van der Waals surface area (Å²) >= 11 is 0. The molecule has 120 valence electrons. The van der Waals surface area contributed by atoms with Crippen LogP contribution in [0.25, 0.3) is 0 Å². The highest BCUT2D eigenvalue weighted by atomic mass is 31.2. The van der Waals surface area contributed by atoms with Crippen molar-refractivity contribution in [1.82, 2.24) is 0 Å². The second-order valence-electron chi connectivity index (χ2n) is 4.93. The van der Waals surface area contributed by atoms with E-state index in [2.05, 4.69) is 6.58 Å². The Morgan fingerprint density at radius 1 is 1.15 bits per heavy atom. The van der Waals surface area contributed by atoms with Crippen LogP contribution in [0, 0.1) is 0 Å². The van der Waals surface area contributed by atoms with Crippen LogP contribution in [0.15, 0.2) is 12.7 Å². The fourth-order valence-corrected chi connectivity index (χ4v) is 3.83. The van der Waals surface area contributed by atoms with Gasteiger partial charge in [0.25, 0.3) is 0 Å². The number of hydrogen-bond donors (Lipinski definition) is 6. The van der Waals surface area contributed by atoms with Crippen LogP contribution in [0.1, 0.15) is 32.1 Å². The minimum absolute atomic E-state index is 0.0579. The Balaban J connectivity index is 4.75. The largest absolute Gasteiger partial charge is 0.331 e. The van der Waals surface area contributed by atoms with Crippen molar-refractivity contribution >= 4 is 15.2 Å². The number of unbranched alkanes of at least 4 members (excludes halogenated alkanes) is 1. The van der Waals surface area contributed by atoms with Crippen molar-refractivity contribution in [1.29, 1.82) is 0 Å². The molecule has 0 saturated carbocycles. The van der Waals surface area contributed by atoms with Gasteiger partial charge in [-0.2, -0.15) is 0 Å². The van der Waals surface area contributed by atoms with Crippen molar-refractivity contribution in [2.45, 2.75) is 43.4 Å². The van der Waals surface area contributed by atoms with Crippen LogP contribution in [-0.2, 0) is 9.13 Å². The highest BCUT2D eigenvalue weighted by molar-refractivity contribution is 7.52. The Morgan fingerprint density at radius 2 is 1.70 bits per heavy atom. The number of rotatable bonds is 10. The fraction of sp³-hybridized carbons (Fsp3) is 0.800. The fourth-order valence-electron chi connectivity index (χ4n) is 1.96. The maximum Gasteiger partial charge on any atom is 0.331 e. The van der Waals surface area contributed by atoms with Gasteiger partial charge in [0, 0.05) is 6.16 Å². The lowest BCUT2D eigenvalue weighted by Gasteiger charge is -2.34. The molecule has 0 fully saturated rings. The van der Waals surface area contributed by atoms with E-state index in [4.69, 9.17) is 21.3 Å². The molecule has 20 heavy (non-hydrogen) atoms. The second kappa shape index (κ2) is 7.82. The molecule has 0 aliphatic carbocycles. The molecule has 0 saturated heterocycles. The van der Waals surface area contributed by atoms with Gasteiger partial charge in [0.05, 0.1) is 11.3 Å². The van der Waals surface area contributed by atoms with Crippen LogP contribution >= 0.6 is 15.2 Å². The normalized spacial score (nSPS) is 15.1. The van der Waals surface area contributed by atoms with Crippen LogP contribution in [0.3, 0.4) is 0 Å². The van der Waals surface area contributed by atoms with Crippen molar-refractivity contribution in [3.8, 4) is 0 Å². The van der Waals surface area contributed by atoms with Crippen molar-refractivity contribution in [3.63, 3.8) is 0 Å². The van der Waals surface area contributed by atoms with Crippen molar-refractivity contribution < 1.29 is 28.7 Å². The maximum absolute atomic E-state index is 11.5. The van der Waals surface area contributed by atoms with E-state index in [-0.39, 0.29) is 19.3 Å². The van der Waals surface area contributed by atoms with Crippen LogP contribution in [-0.4, -0.2) is 37.1 Å². The molecule has 0 spiro atoms. The Hall–Kier alpha value is -0.0400. The van der Waals surface area contributed by atoms with Crippen molar-refractivity contribution in [2.24, 2.45) is 11.5 Å². The van der Waals surface area contributed by atoms with Crippen molar-refractivity contribution in [3.05, 3.63) is 12.7 Å². The molecule has 8 N–H and O–H groups in total. The minimum atomic E-state index is -4.56. The van der Waals surface area contributed by atoms with E-state index in [1.165, 1.54) is 0 Å². The van der Waals surface area contributed by atoms with Gasteiger partial charge in [0.1, 0.15) is 0 Å². The Morgan fingerprint density at radius 3 is 2.10 bits per heavy atom. The van der Waals surface area contributed by atoms with E-state index in [1.54, 1.807) is 6.08 Å². The Bertz CT molecular complexity index is 403. The van der Waals surface area contributed by atoms with E-state index in [0.717, 1.165) is 0 Å². The first-order chi connectivity index (χ1) is 8.90. The van der Waals surface area contributed by atoms with Gasteiger partial charge in [-0.1, -0.05) is 6.08 Å². The average Bonchev–Trinajstić information content (AvgIpc) is 2.21. The lowest BCUT2D eigenvalue weighted by molar-refractivity contribution is 0.288. The molecule has 0 aromatic rings. The zero-order chi connectivity index (χ0) is 16.0. The van der Waals surface area contributed by atoms with Gasteiger partial charge in [-0.3, -0.25) is 9.13 Å². The molecule has 0 aromatic heterocycles. The first kappa shape index (κ1) is 20.0. The molecule has 0 aliphatic rings. The molecule has 1 atom stereocenters. The Kier molecular flexibility index (Phi) is 7.81. The predicted octanol–water partition coefficient (Wildman–Crippen LogP) is 0.461. The van der Waals surface area contributed by atoms with Gasteiger partial charge in [-0.25, -0.2) is 0 Å². The van der Waals surface area contributed by atoms with Gasteiger partial charge in [-0.15, -0.1) is 6.58 Å². The average molecular weight is 330 g/mol. The smallest absolute Gasteiger partial charge is 0.324 e. The second-order valence-corrected chi connectivity index (χ2v) is 8.51. The van der Waals surface area contributed by atoms with Crippen LogP contribution in [0.5, 0.6) is 0 Å². The summed E-state index contributed by atoms with van der Waals surface area (Å²) in [6.07, 6.45) is 2.33. The van der Waals surface area contributed by atoms with Crippen LogP contribution in [0.2, 0.25) is 0 Å². The quantitative estimate of drug-likeness (QED) is 0.145. The molecule has 0 aliphatic heterocycles. The summed E-state index contributed by atoms with van der Waals surface area (Å²) in [6, 6.07) is 0. The predicted molar refractivity (Wildman–Crippen MR) is 77.1 cm³/mol. The monoisotopic (exact) mass is 330 g/mol. The third kappa shape index (κ3) is 8.29. The molecular formula is C10H24N2O6P2. The maximum atomic E-state index is 11.5. The topological polar surface area (TPSA) is 167 Å².